The van der Waals surface area contributed by atoms with Crippen LogP contribution in [0, 0.1) is 0 Å². The Balaban J connectivity index is 0.000000280. The van der Waals surface area contributed by atoms with Crippen LogP contribution in [0.1, 0.15) is 75.6 Å². The van der Waals surface area contributed by atoms with Gasteiger partial charge in [-0.1, -0.05) is 102 Å². The summed E-state index contributed by atoms with van der Waals surface area (Å²) < 4.78 is 69.1. The Hall–Kier alpha value is -1.52. The summed E-state index contributed by atoms with van der Waals surface area (Å²) in [5.41, 5.74) is 4.33. The second-order valence-electron chi connectivity index (χ2n) is 10.0. The van der Waals surface area contributed by atoms with E-state index in [-0.39, 0.29) is 47.5 Å². The zero-order valence-electron chi connectivity index (χ0n) is 24.4. The number of hydrogen-bond donors (Lipinski definition) is 0. The largest absolute Gasteiger partial charge is 2.00 e. The predicted molar refractivity (Wildman–Crippen MR) is 166 cm³/mol. The molecule has 0 fully saturated rings. The van der Waals surface area contributed by atoms with E-state index in [2.05, 4.69) is 39.8 Å². The second-order valence-corrected chi connectivity index (χ2v) is 12.7. The fraction of sp³-hybridized carbons (Fsp3) is 0.375. The van der Waals surface area contributed by atoms with Crippen LogP contribution in [0.3, 0.4) is 0 Å². The van der Waals surface area contributed by atoms with Gasteiger partial charge in [0.05, 0.1) is 9.79 Å². The van der Waals surface area contributed by atoms with E-state index in [1.54, 1.807) is 12.1 Å². The summed E-state index contributed by atoms with van der Waals surface area (Å²) in [5, 5.41) is 2.89. The molecule has 0 amide bonds. The summed E-state index contributed by atoms with van der Waals surface area (Å²) in [7, 11) is -8.90. The molecule has 41 heavy (non-hydrogen) atoms. The fourth-order valence-corrected chi connectivity index (χ4v) is 6.89. The zero-order chi connectivity index (χ0) is 29.5. The van der Waals surface area contributed by atoms with Crippen molar-refractivity contribution in [2.75, 3.05) is 0 Å². The third-order valence-corrected chi connectivity index (χ3v) is 8.76. The summed E-state index contributed by atoms with van der Waals surface area (Å²) >= 11 is 0. The Bertz CT molecular complexity index is 1570. The van der Waals surface area contributed by atoms with E-state index in [0.717, 1.165) is 84.4 Å². The van der Waals surface area contributed by atoms with Gasteiger partial charge >= 0.3 is 37.7 Å². The first-order chi connectivity index (χ1) is 19.0. The minimum absolute atomic E-state index is 0. The van der Waals surface area contributed by atoms with Crippen molar-refractivity contribution in [3.63, 3.8) is 0 Å². The van der Waals surface area contributed by atoms with Crippen molar-refractivity contribution in [1.29, 1.82) is 0 Å². The van der Waals surface area contributed by atoms with E-state index in [1.807, 2.05) is 24.3 Å². The third kappa shape index (κ3) is 8.75. The van der Waals surface area contributed by atoms with Crippen molar-refractivity contribution in [2.24, 2.45) is 0 Å². The van der Waals surface area contributed by atoms with Crippen LogP contribution in [0.15, 0.2) is 70.5 Å². The average molecular weight is 623 g/mol. The predicted octanol–water partition coefficient (Wildman–Crippen LogP) is 6.92. The molecule has 6 nitrogen and oxygen atoms in total. The molecule has 0 heterocycles. The van der Waals surface area contributed by atoms with E-state index >= 15 is 0 Å². The molecule has 4 aromatic rings. The van der Waals surface area contributed by atoms with Gasteiger partial charge in [0.15, 0.2) is 0 Å². The van der Waals surface area contributed by atoms with Gasteiger partial charge in [-0.3, -0.25) is 0 Å². The van der Waals surface area contributed by atoms with Crippen molar-refractivity contribution in [3.8, 4) is 0 Å². The topological polar surface area (TPSA) is 114 Å². The number of hydrogen-bond acceptors (Lipinski definition) is 6. The van der Waals surface area contributed by atoms with Crippen LogP contribution in [0.25, 0.3) is 21.5 Å². The Labute approximate surface area is 275 Å². The monoisotopic (exact) mass is 622 g/mol. The van der Waals surface area contributed by atoms with E-state index in [9.17, 15) is 25.9 Å². The molecule has 0 aliphatic heterocycles. The number of rotatable bonds is 10. The molecule has 0 bridgehead atoms. The molecule has 0 aliphatic rings. The maximum Gasteiger partial charge on any atom is 2.00 e. The van der Waals surface area contributed by atoms with Crippen molar-refractivity contribution < 1.29 is 25.9 Å². The molecular formula is C32H38CaO6S2. The van der Waals surface area contributed by atoms with Crippen LogP contribution < -0.4 is 0 Å². The molecule has 9 heteroatoms. The van der Waals surface area contributed by atoms with Crippen LogP contribution >= 0.6 is 0 Å². The molecule has 4 aromatic carbocycles. The fourth-order valence-electron chi connectivity index (χ4n) is 5.42. The SMILES string of the molecule is CCCc1ccc2cccc(S(=O)(=O)[O-])c2c1CCC.CCCc1ccc2cccc(S(=O)(=O)[O-])c2c1CCC.[Ca+2]. The molecule has 0 spiro atoms. The van der Waals surface area contributed by atoms with Gasteiger partial charge in [0.25, 0.3) is 0 Å². The van der Waals surface area contributed by atoms with Crippen molar-refractivity contribution in [1.82, 2.24) is 0 Å². The number of benzene rings is 4. The first-order valence-electron chi connectivity index (χ1n) is 14.0. The second kappa shape index (κ2) is 15.8. The molecule has 0 saturated heterocycles. The molecule has 0 aliphatic carbocycles. The van der Waals surface area contributed by atoms with Gasteiger partial charge in [-0.15, -0.1) is 0 Å². The Morgan fingerprint density at radius 1 is 0.512 bits per heavy atom. The van der Waals surface area contributed by atoms with Crippen LogP contribution in [0.5, 0.6) is 0 Å². The summed E-state index contributed by atoms with van der Waals surface area (Å²) in [6.45, 7) is 8.30. The van der Waals surface area contributed by atoms with Crippen LogP contribution in [-0.2, 0) is 45.9 Å². The molecule has 216 valence electrons. The molecule has 0 unspecified atom stereocenters. The molecule has 0 atom stereocenters. The molecule has 0 N–H and O–H groups in total. The standard InChI is InChI=1S/2C16H20O3S.Ca/c2*1-3-6-12-10-11-13-8-5-9-15(20(17,18)19)16(13)14(12)7-4-2;/h2*5,8-11H,3-4,6-7H2,1-2H3,(H,17,18,19);/q;;+2/p-2. The van der Waals surface area contributed by atoms with Crippen molar-refractivity contribution in [2.45, 2.75) is 88.9 Å². The summed E-state index contributed by atoms with van der Waals surface area (Å²) in [5.74, 6) is 0. The minimum atomic E-state index is -4.45. The van der Waals surface area contributed by atoms with Crippen LogP contribution in [0.4, 0.5) is 0 Å². The van der Waals surface area contributed by atoms with Gasteiger partial charge in [0.2, 0.25) is 0 Å². The average Bonchev–Trinajstić information content (AvgIpc) is 2.90. The van der Waals surface area contributed by atoms with Gasteiger partial charge in [0.1, 0.15) is 20.2 Å². The molecular weight excluding hydrogens is 585 g/mol. The van der Waals surface area contributed by atoms with E-state index < -0.39 is 20.2 Å². The van der Waals surface area contributed by atoms with Crippen molar-refractivity contribution >= 4 is 79.5 Å². The summed E-state index contributed by atoms with van der Waals surface area (Å²) in [6.07, 6.45) is 7.21. The maximum absolute atomic E-state index is 11.5. The quantitative estimate of drug-likeness (QED) is 0.140. The first-order valence-corrected chi connectivity index (χ1v) is 16.8. The normalized spacial score (nSPS) is 11.7. The Morgan fingerprint density at radius 3 is 1.15 bits per heavy atom. The number of aryl methyl sites for hydroxylation is 4. The van der Waals surface area contributed by atoms with E-state index in [0.29, 0.717) is 10.8 Å². The van der Waals surface area contributed by atoms with Gasteiger partial charge in [0, 0.05) is 10.8 Å². The van der Waals surface area contributed by atoms with Gasteiger partial charge < -0.3 is 9.11 Å². The van der Waals surface area contributed by atoms with Gasteiger partial charge in [-0.25, -0.2) is 16.8 Å². The zero-order valence-corrected chi connectivity index (χ0v) is 28.2. The smallest absolute Gasteiger partial charge is 0.744 e. The van der Waals surface area contributed by atoms with Crippen molar-refractivity contribution in [3.05, 3.63) is 82.9 Å². The molecule has 0 aromatic heterocycles. The number of fused-ring (bicyclic) bond motifs is 2. The van der Waals surface area contributed by atoms with E-state index in [1.165, 1.54) is 12.1 Å². The Kier molecular flexibility index (Phi) is 13.8. The van der Waals surface area contributed by atoms with Crippen LogP contribution in [-0.4, -0.2) is 63.7 Å². The molecule has 0 radical (unpaired) electrons. The van der Waals surface area contributed by atoms with Crippen LogP contribution in [0.2, 0.25) is 0 Å². The third-order valence-electron chi connectivity index (χ3n) is 7.00. The van der Waals surface area contributed by atoms with Gasteiger partial charge in [-0.05, 0) is 70.8 Å². The molecule has 4 rings (SSSR count). The summed E-state index contributed by atoms with van der Waals surface area (Å²) in [4.78, 5) is -0.173. The summed E-state index contributed by atoms with van der Waals surface area (Å²) in [6, 6.07) is 17.7. The first kappa shape index (κ1) is 35.7. The Morgan fingerprint density at radius 2 is 0.854 bits per heavy atom. The molecule has 0 saturated carbocycles. The minimum Gasteiger partial charge on any atom is -0.744 e. The van der Waals surface area contributed by atoms with Gasteiger partial charge in [-0.2, -0.15) is 0 Å². The van der Waals surface area contributed by atoms with E-state index in [4.69, 9.17) is 0 Å². The maximum atomic E-state index is 11.5.